The van der Waals surface area contributed by atoms with Crippen LogP contribution in [0.4, 0.5) is 8.78 Å². The number of hydrogen-bond donors (Lipinski definition) is 2. The van der Waals surface area contributed by atoms with Gasteiger partial charge in [-0.15, -0.1) is 0 Å². The minimum atomic E-state index is -0.956. The third-order valence-electron chi connectivity index (χ3n) is 3.73. The van der Waals surface area contributed by atoms with Crippen molar-refractivity contribution in [1.82, 2.24) is 10.6 Å². The average molecular weight is 346 g/mol. The maximum Gasteiger partial charge on any atom is 0.251 e. The molecule has 2 amide bonds. The number of carbonyl (C=O) groups is 2. The van der Waals surface area contributed by atoms with E-state index in [0.29, 0.717) is 11.1 Å². The van der Waals surface area contributed by atoms with Crippen molar-refractivity contribution in [2.75, 3.05) is 0 Å². The Kier molecular flexibility index (Phi) is 6.22. The summed E-state index contributed by atoms with van der Waals surface area (Å²) < 4.78 is 26.2. The summed E-state index contributed by atoms with van der Waals surface area (Å²) in [6.07, 6.45) is 0.0760. The number of rotatable bonds is 6. The second-order valence-corrected chi connectivity index (χ2v) is 5.91. The predicted octanol–water partition coefficient (Wildman–Crippen LogP) is 3.35. The first-order valence-corrected chi connectivity index (χ1v) is 7.97. The van der Waals surface area contributed by atoms with Crippen LogP contribution in [0.15, 0.2) is 48.5 Å². The molecule has 0 aliphatic carbocycles. The van der Waals surface area contributed by atoms with Gasteiger partial charge in [0.2, 0.25) is 5.91 Å². The van der Waals surface area contributed by atoms with E-state index in [4.69, 9.17) is 0 Å². The first-order valence-electron chi connectivity index (χ1n) is 7.97. The van der Waals surface area contributed by atoms with Crippen LogP contribution in [-0.2, 0) is 4.79 Å². The van der Waals surface area contributed by atoms with E-state index in [1.54, 1.807) is 38.1 Å². The van der Waals surface area contributed by atoms with Gasteiger partial charge in [0.25, 0.3) is 5.91 Å². The predicted molar refractivity (Wildman–Crippen MR) is 90.9 cm³/mol. The third-order valence-corrected chi connectivity index (χ3v) is 3.73. The maximum atomic E-state index is 13.3. The molecule has 4 nitrogen and oxygen atoms in total. The van der Waals surface area contributed by atoms with E-state index in [1.807, 2.05) is 6.07 Å². The molecule has 2 atom stereocenters. The quantitative estimate of drug-likeness (QED) is 0.843. The van der Waals surface area contributed by atoms with Crippen molar-refractivity contribution in [3.05, 3.63) is 71.3 Å². The molecule has 0 aromatic heterocycles. The van der Waals surface area contributed by atoms with Gasteiger partial charge < -0.3 is 10.6 Å². The van der Waals surface area contributed by atoms with Crippen molar-refractivity contribution in [3.63, 3.8) is 0 Å². The molecule has 6 heteroatoms. The van der Waals surface area contributed by atoms with Gasteiger partial charge in [-0.25, -0.2) is 8.78 Å². The second-order valence-electron chi connectivity index (χ2n) is 5.91. The lowest BCUT2D eigenvalue weighted by Crippen LogP contribution is -2.38. The molecule has 0 heterocycles. The zero-order valence-corrected chi connectivity index (χ0v) is 14.1. The summed E-state index contributed by atoms with van der Waals surface area (Å²) in [7, 11) is 0. The summed E-state index contributed by atoms with van der Waals surface area (Å²) in [6.45, 7) is 3.40. The lowest BCUT2D eigenvalue weighted by Gasteiger charge is -2.18. The van der Waals surface area contributed by atoms with Gasteiger partial charge in [0, 0.05) is 18.0 Å². The molecule has 2 aromatic carbocycles. The van der Waals surface area contributed by atoms with E-state index in [2.05, 4.69) is 10.6 Å². The molecule has 0 saturated carbocycles. The number of hydrogen-bond acceptors (Lipinski definition) is 2. The fourth-order valence-electron chi connectivity index (χ4n) is 2.39. The molecule has 0 bridgehead atoms. The molecule has 0 aliphatic rings. The van der Waals surface area contributed by atoms with Crippen LogP contribution < -0.4 is 10.6 Å². The van der Waals surface area contributed by atoms with Crippen molar-refractivity contribution >= 4 is 11.8 Å². The molecule has 0 saturated heterocycles. The molecule has 0 fully saturated rings. The fraction of sp³-hybridized carbons (Fsp3) is 0.263. The van der Waals surface area contributed by atoms with Crippen molar-refractivity contribution < 1.29 is 18.4 Å². The van der Waals surface area contributed by atoms with E-state index in [-0.39, 0.29) is 24.3 Å². The summed E-state index contributed by atoms with van der Waals surface area (Å²) in [4.78, 5) is 24.1. The fourth-order valence-corrected chi connectivity index (χ4v) is 2.39. The Labute approximate surface area is 145 Å². The topological polar surface area (TPSA) is 58.2 Å². The van der Waals surface area contributed by atoms with Gasteiger partial charge in [0.05, 0.1) is 6.04 Å². The molecule has 2 aromatic rings. The second kappa shape index (κ2) is 8.37. The SMILES string of the molecule is CC(CC(=O)NC(C)c1ccc(F)c(F)c1)NC(=O)c1ccccc1. The van der Waals surface area contributed by atoms with Crippen LogP contribution in [-0.4, -0.2) is 17.9 Å². The maximum absolute atomic E-state index is 13.3. The summed E-state index contributed by atoms with van der Waals surface area (Å²) in [6, 6.07) is 11.4. The molecule has 2 rings (SSSR count). The van der Waals surface area contributed by atoms with Crippen molar-refractivity contribution in [2.24, 2.45) is 0 Å². The van der Waals surface area contributed by atoms with Crippen LogP contribution in [0.2, 0.25) is 0 Å². The monoisotopic (exact) mass is 346 g/mol. The molecular formula is C19H20F2N2O2. The van der Waals surface area contributed by atoms with Gasteiger partial charge in [0.1, 0.15) is 0 Å². The molecular weight excluding hydrogens is 326 g/mol. The van der Waals surface area contributed by atoms with Crippen LogP contribution in [0, 0.1) is 11.6 Å². The van der Waals surface area contributed by atoms with Crippen LogP contribution in [0.5, 0.6) is 0 Å². The van der Waals surface area contributed by atoms with E-state index in [1.165, 1.54) is 6.07 Å². The number of carbonyl (C=O) groups excluding carboxylic acids is 2. The summed E-state index contributed by atoms with van der Waals surface area (Å²) in [5.41, 5.74) is 0.984. The van der Waals surface area contributed by atoms with Gasteiger partial charge >= 0.3 is 0 Å². The highest BCUT2D eigenvalue weighted by molar-refractivity contribution is 5.94. The highest BCUT2D eigenvalue weighted by Crippen LogP contribution is 2.16. The van der Waals surface area contributed by atoms with E-state index in [9.17, 15) is 18.4 Å². The van der Waals surface area contributed by atoms with Crippen molar-refractivity contribution in [3.8, 4) is 0 Å². The molecule has 25 heavy (non-hydrogen) atoms. The number of amides is 2. The Balaban J connectivity index is 1.86. The molecule has 0 radical (unpaired) electrons. The zero-order valence-electron chi connectivity index (χ0n) is 14.1. The van der Waals surface area contributed by atoms with E-state index < -0.39 is 17.7 Å². The molecule has 0 spiro atoms. The number of nitrogens with one attached hydrogen (secondary N) is 2. The Hall–Kier alpha value is -2.76. The average Bonchev–Trinajstić information content (AvgIpc) is 2.57. The van der Waals surface area contributed by atoms with Crippen LogP contribution in [0.3, 0.4) is 0 Å². The lowest BCUT2D eigenvalue weighted by molar-refractivity contribution is -0.122. The number of halogens is 2. The molecule has 2 unspecified atom stereocenters. The van der Waals surface area contributed by atoms with E-state index in [0.717, 1.165) is 12.1 Å². The Bertz CT molecular complexity index is 750. The largest absolute Gasteiger partial charge is 0.350 e. The van der Waals surface area contributed by atoms with E-state index >= 15 is 0 Å². The van der Waals surface area contributed by atoms with Crippen LogP contribution in [0.25, 0.3) is 0 Å². The normalized spacial score (nSPS) is 13.0. The van der Waals surface area contributed by atoms with Crippen LogP contribution in [0.1, 0.15) is 42.2 Å². The van der Waals surface area contributed by atoms with Crippen molar-refractivity contribution in [2.45, 2.75) is 32.4 Å². The summed E-state index contributed by atoms with van der Waals surface area (Å²) >= 11 is 0. The Morgan fingerprint density at radius 2 is 1.64 bits per heavy atom. The zero-order chi connectivity index (χ0) is 18.4. The van der Waals surface area contributed by atoms with Gasteiger partial charge in [-0.1, -0.05) is 24.3 Å². The lowest BCUT2D eigenvalue weighted by atomic mass is 10.1. The summed E-state index contributed by atoms with van der Waals surface area (Å²) in [5, 5.41) is 5.45. The third kappa shape index (κ3) is 5.38. The van der Waals surface area contributed by atoms with Gasteiger partial charge in [-0.05, 0) is 43.7 Å². The van der Waals surface area contributed by atoms with Crippen molar-refractivity contribution in [1.29, 1.82) is 0 Å². The number of benzene rings is 2. The highest BCUT2D eigenvalue weighted by Gasteiger charge is 2.16. The van der Waals surface area contributed by atoms with Gasteiger partial charge in [0.15, 0.2) is 11.6 Å². The van der Waals surface area contributed by atoms with Gasteiger partial charge in [-0.2, -0.15) is 0 Å². The molecule has 0 aliphatic heterocycles. The minimum Gasteiger partial charge on any atom is -0.350 e. The molecule has 132 valence electrons. The first kappa shape index (κ1) is 18.6. The Morgan fingerprint density at radius 1 is 0.960 bits per heavy atom. The Morgan fingerprint density at radius 3 is 2.28 bits per heavy atom. The van der Waals surface area contributed by atoms with Crippen LogP contribution >= 0.6 is 0 Å². The minimum absolute atomic E-state index is 0.0760. The first-order chi connectivity index (χ1) is 11.9. The summed E-state index contributed by atoms with van der Waals surface area (Å²) in [5.74, 6) is -2.44. The molecule has 2 N–H and O–H groups in total. The van der Waals surface area contributed by atoms with Gasteiger partial charge in [-0.3, -0.25) is 9.59 Å². The standard InChI is InChI=1S/C19H20F2N2O2/c1-12(22-19(25)14-6-4-3-5-7-14)10-18(24)23-13(2)15-8-9-16(20)17(21)11-15/h3-9,11-13H,10H2,1-2H3,(H,22,25)(H,23,24). The smallest absolute Gasteiger partial charge is 0.251 e. The highest BCUT2D eigenvalue weighted by atomic mass is 19.2.